The molecule has 1 heterocycles. The highest BCUT2D eigenvalue weighted by Crippen LogP contribution is 2.29. The molecule has 0 atom stereocenters. The van der Waals surface area contributed by atoms with E-state index in [-0.39, 0.29) is 18.2 Å². The maximum absolute atomic E-state index is 12.1. The summed E-state index contributed by atoms with van der Waals surface area (Å²) in [6, 6.07) is 0. The molecule has 1 amide bonds. The lowest BCUT2D eigenvalue weighted by atomic mass is 9.93. The summed E-state index contributed by atoms with van der Waals surface area (Å²) in [6.45, 7) is 1.50. The first-order valence-electron chi connectivity index (χ1n) is 7.64. The minimum absolute atomic E-state index is 0.254. The quantitative estimate of drug-likeness (QED) is 0.833. The summed E-state index contributed by atoms with van der Waals surface area (Å²) in [5.74, 6) is 0.594. The SMILES string of the molecule is O=C(O)CC1CCN(C(=O)CCC2CCCC2)CC1. The van der Waals surface area contributed by atoms with Gasteiger partial charge in [-0.05, 0) is 31.1 Å². The van der Waals surface area contributed by atoms with Crippen LogP contribution in [0.25, 0.3) is 0 Å². The second kappa shape index (κ2) is 6.92. The fraction of sp³-hybridized carbons (Fsp3) is 0.867. The number of aliphatic carboxylic acids is 1. The minimum atomic E-state index is -0.717. The molecule has 19 heavy (non-hydrogen) atoms. The van der Waals surface area contributed by atoms with Crippen molar-refractivity contribution in [2.24, 2.45) is 11.8 Å². The van der Waals surface area contributed by atoms with Crippen molar-refractivity contribution >= 4 is 11.9 Å². The fourth-order valence-electron chi connectivity index (χ4n) is 3.42. The summed E-state index contributed by atoms with van der Waals surface area (Å²) < 4.78 is 0. The first kappa shape index (κ1) is 14.4. The van der Waals surface area contributed by atoms with Crippen LogP contribution in [0.4, 0.5) is 0 Å². The third-order valence-electron chi connectivity index (χ3n) is 4.67. The molecular weight excluding hydrogens is 242 g/mol. The Morgan fingerprint density at radius 3 is 2.21 bits per heavy atom. The molecule has 1 saturated carbocycles. The van der Waals surface area contributed by atoms with Crippen LogP contribution in [0.5, 0.6) is 0 Å². The Labute approximate surface area is 115 Å². The first-order chi connectivity index (χ1) is 9.15. The van der Waals surface area contributed by atoms with Gasteiger partial charge in [0.25, 0.3) is 0 Å². The Hall–Kier alpha value is -1.06. The number of amides is 1. The summed E-state index contributed by atoms with van der Waals surface area (Å²) in [4.78, 5) is 24.7. The second-order valence-corrected chi connectivity index (χ2v) is 6.11. The molecule has 108 valence electrons. The monoisotopic (exact) mass is 267 g/mol. The molecule has 1 aliphatic carbocycles. The van der Waals surface area contributed by atoms with E-state index in [2.05, 4.69) is 0 Å². The van der Waals surface area contributed by atoms with Gasteiger partial charge in [0.1, 0.15) is 0 Å². The maximum atomic E-state index is 12.1. The van der Waals surface area contributed by atoms with Gasteiger partial charge in [0.15, 0.2) is 0 Å². The van der Waals surface area contributed by atoms with Gasteiger partial charge in [0.2, 0.25) is 5.91 Å². The molecule has 4 heteroatoms. The van der Waals surface area contributed by atoms with Crippen molar-refractivity contribution in [3.63, 3.8) is 0 Å². The molecule has 1 N–H and O–H groups in total. The van der Waals surface area contributed by atoms with E-state index in [0.717, 1.165) is 38.3 Å². The predicted octanol–water partition coefficient (Wildman–Crippen LogP) is 2.67. The van der Waals surface area contributed by atoms with Gasteiger partial charge in [-0.2, -0.15) is 0 Å². The van der Waals surface area contributed by atoms with Crippen LogP contribution < -0.4 is 0 Å². The van der Waals surface area contributed by atoms with Gasteiger partial charge < -0.3 is 10.0 Å². The number of nitrogens with zero attached hydrogens (tertiary/aromatic N) is 1. The lowest BCUT2D eigenvalue weighted by Crippen LogP contribution is -2.38. The zero-order valence-corrected chi connectivity index (χ0v) is 11.6. The number of carbonyl (C=O) groups is 2. The molecule has 2 fully saturated rings. The van der Waals surface area contributed by atoms with Crippen molar-refractivity contribution in [2.45, 2.75) is 57.8 Å². The molecule has 1 aliphatic heterocycles. The Morgan fingerprint density at radius 1 is 1.00 bits per heavy atom. The molecular formula is C15H25NO3. The Bertz CT molecular complexity index is 315. The van der Waals surface area contributed by atoms with Gasteiger partial charge in [0.05, 0.1) is 0 Å². The molecule has 0 aromatic rings. The van der Waals surface area contributed by atoms with Crippen molar-refractivity contribution < 1.29 is 14.7 Å². The number of carbonyl (C=O) groups excluding carboxylic acids is 1. The highest BCUT2D eigenvalue weighted by atomic mass is 16.4. The molecule has 0 unspecified atom stereocenters. The topological polar surface area (TPSA) is 57.6 Å². The smallest absolute Gasteiger partial charge is 0.303 e. The van der Waals surface area contributed by atoms with Gasteiger partial charge in [-0.3, -0.25) is 9.59 Å². The van der Waals surface area contributed by atoms with Crippen LogP contribution in [-0.4, -0.2) is 35.0 Å². The van der Waals surface area contributed by atoms with Crippen molar-refractivity contribution in [3.05, 3.63) is 0 Å². The van der Waals surface area contributed by atoms with Crippen LogP contribution >= 0.6 is 0 Å². The fourth-order valence-corrected chi connectivity index (χ4v) is 3.42. The average Bonchev–Trinajstić information content (AvgIpc) is 2.89. The largest absolute Gasteiger partial charge is 0.481 e. The zero-order valence-electron chi connectivity index (χ0n) is 11.6. The molecule has 0 radical (unpaired) electrons. The molecule has 1 saturated heterocycles. The number of carboxylic acids is 1. The molecule has 4 nitrogen and oxygen atoms in total. The van der Waals surface area contributed by atoms with Crippen molar-refractivity contribution in [3.8, 4) is 0 Å². The van der Waals surface area contributed by atoms with E-state index in [9.17, 15) is 9.59 Å². The first-order valence-corrected chi connectivity index (χ1v) is 7.64. The lowest BCUT2D eigenvalue weighted by molar-refractivity contribution is -0.138. The third kappa shape index (κ3) is 4.51. The number of hydrogen-bond acceptors (Lipinski definition) is 2. The average molecular weight is 267 g/mol. The van der Waals surface area contributed by atoms with Crippen LogP contribution in [0.15, 0.2) is 0 Å². The Kier molecular flexibility index (Phi) is 5.23. The van der Waals surface area contributed by atoms with E-state index < -0.39 is 5.97 Å². The van der Waals surface area contributed by atoms with E-state index in [1.165, 1.54) is 25.7 Å². The van der Waals surface area contributed by atoms with Gasteiger partial charge in [-0.25, -0.2) is 0 Å². The lowest BCUT2D eigenvalue weighted by Gasteiger charge is -2.31. The van der Waals surface area contributed by atoms with Gasteiger partial charge in [-0.15, -0.1) is 0 Å². The van der Waals surface area contributed by atoms with Crippen LogP contribution in [0.2, 0.25) is 0 Å². The van der Waals surface area contributed by atoms with Crippen molar-refractivity contribution in [2.75, 3.05) is 13.1 Å². The van der Waals surface area contributed by atoms with Gasteiger partial charge in [0, 0.05) is 25.9 Å². The number of likely N-dealkylation sites (tertiary alicyclic amines) is 1. The van der Waals surface area contributed by atoms with E-state index in [1.807, 2.05) is 4.90 Å². The normalized spacial score (nSPS) is 21.8. The zero-order chi connectivity index (χ0) is 13.7. The maximum Gasteiger partial charge on any atom is 0.303 e. The number of carboxylic acid groups (broad SMARTS) is 1. The highest BCUT2D eigenvalue weighted by molar-refractivity contribution is 5.76. The number of piperidine rings is 1. The number of hydrogen-bond donors (Lipinski definition) is 1. The molecule has 2 rings (SSSR count). The van der Waals surface area contributed by atoms with E-state index in [4.69, 9.17) is 5.11 Å². The second-order valence-electron chi connectivity index (χ2n) is 6.11. The molecule has 2 aliphatic rings. The summed E-state index contributed by atoms with van der Waals surface area (Å²) in [6.07, 6.45) is 8.95. The van der Waals surface area contributed by atoms with E-state index in [1.54, 1.807) is 0 Å². The van der Waals surface area contributed by atoms with Crippen LogP contribution in [0.1, 0.15) is 57.8 Å². The van der Waals surface area contributed by atoms with Crippen LogP contribution in [0, 0.1) is 11.8 Å². The molecule has 0 bridgehead atoms. The van der Waals surface area contributed by atoms with E-state index >= 15 is 0 Å². The molecule has 0 spiro atoms. The summed E-state index contributed by atoms with van der Waals surface area (Å²) in [5, 5.41) is 8.77. The Balaban J connectivity index is 1.65. The van der Waals surface area contributed by atoms with Crippen molar-refractivity contribution in [1.29, 1.82) is 0 Å². The Morgan fingerprint density at radius 2 is 1.63 bits per heavy atom. The van der Waals surface area contributed by atoms with Crippen LogP contribution in [0.3, 0.4) is 0 Å². The van der Waals surface area contributed by atoms with Crippen LogP contribution in [-0.2, 0) is 9.59 Å². The summed E-state index contributed by atoms with van der Waals surface area (Å²) in [5.41, 5.74) is 0. The summed E-state index contributed by atoms with van der Waals surface area (Å²) >= 11 is 0. The third-order valence-corrected chi connectivity index (χ3v) is 4.67. The highest BCUT2D eigenvalue weighted by Gasteiger charge is 2.25. The van der Waals surface area contributed by atoms with Gasteiger partial charge >= 0.3 is 5.97 Å². The van der Waals surface area contributed by atoms with E-state index in [0.29, 0.717) is 6.42 Å². The summed E-state index contributed by atoms with van der Waals surface area (Å²) in [7, 11) is 0. The predicted molar refractivity (Wildman–Crippen MR) is 72.7 cm³/mol. The van der Waals surface area contributed by atoms with Gasteiger partial charge in [-0.1, -0.05) is 25.7 Å². The molecule has 0 aromatic heterocycles. The number of rotatable bonds is 5. The standard InChI is InChI=1S/C15H25NO3/c17-14(6-5-12-3-1-2-4-12)16-9-7-13(8-10-16)11-15(18)19/h12-13H,1-11H2,(H,18,19). The van der Waals surface area contributed by atoms with Crippen molar-refractivity contribution in [1.82, 2.24) is 4.90 Å². The minimum Gasteiger partial charge on any atom is -0.481 e. The molecule has 0 aromatic carbocycles.